The SMILES string of the molecule is Cc1cc(C)c(C(=O)OCCCn2c(=O)[nH]c3ccccc32)c(C)c1. The topological polar surface area (TPSA) is 64.1 Å². The van der Waals surface area contributed by atoms with E-state index in [4.69, 9.17) is 4.74 Å². The number of aromatic amines is 1. The number of rotatable bonds is 5. The molecule has 5 heteroatoms. The van der Waals surface area contributed by atoms with Crippen LogP contribution in [0.15, 0.2) is 41.2 Å². The van der Waals surface area contributed by atoms with Crippen molar-refractivity contribution in [2.45, 2.75) is 33.7 Å². The minimum absolute atomic E-state index is 0.141. The Balaban J connectivity index is 1.63. The van der Waals surface area contributed by atoms with Crippen LogP contribution in [0.25, 0.3) is 11.0 Å². The third-order valence-electron chi connectivity index (χ3n) is 4.32. The summed E-state index contributed by atoms with van der Waals surface area (Å²) in [7, 11) is 0. The van der Waals surface area contributed by atoms with E-state index in [0.717, 1.165) is 27.7 Å². The van der Waals surface area contributed by atoms with Crippen molar-refractivity contribution in [1.82, 2.24) is 9.55 Å². The summed E-state index contributed by atoms with van der Waals surface area (Å²) < 4.78 is 7.09. The van der Waals surface area contributed by atoms with E-state index < -0.39 is 0 Å². The van der Waals surface area contributed by atoms with Gasteiger partial charge in [0.25, 0.3) is 0 Å². The first kappa shape index (κ1) is 17.0. The molecule has 0 aliphatic heterocycles. The van der Waals surface area contributed by atoms with Gasteiger partial charge in [0.2, 0.25) is 0 Å². The average Bonchev–Trinajstić information content (AvgIpc) is 2.86. The monoisotopic (exact) mass is 338 g/mol. The average molecular weight is 338 g/mol. The number of aromatic nitrogens is 2. The summed E-state index contributed by atoms with van der Waals surface area (Å²) in [6.45, 7) is 6.62. The number of benzene rings is 2. The molecule has 3 aromatic rings. The van der Waals surface area contributed by atoms with Crippen molar-refractivity contribution in [2.24, 2.45) is 0 Å². The molecule has 1 aromatic heterocycles. The Labute approximate surface area is 146 Å². The van der Waals surface area contributed by atoms with Crippen molar-refractivity contribution in [3.8, 4) is 0 Å². The Morgan fingerprint density at radius 1 is 1.12 bits per heavy atom. The molecule has 130 valence electrons. The molecule has 1 heterocycles. The summed E-state index contributed by atoms with van der Waals surface area (Å²) in [4.78, 5) is 27.2. The molecule has 0 atom stereocenters. The standard InChI is InChI=1S/C20H22N2O3/c1-13-11-14(2)18(15(3)12-13)19(23)25-10-6-9-22-17-8-5-4-7-16(17)21-20(22)24/h4-5,7-8,11-12H,6,9-10H2,1-3H3,(H,21,24). The maximum Gasteiger partial charge on any atom is 0.338 e. The van der Waals surface area contributed by atoms with E-state index >= 15 is 0 Å². The van der Waals surface area contributed by atoms with Crippen LogP contribution in [0.2, 0.25) is 0 Å². The quantitative estimate of drug-likeness (QED) is 0.572. The number of hydrogen-bond donors (Lipinski definition) is 1. The first-order valence-electron chi connectivity index (χ1n) is 8.40. The van der Waals surface area contributed by atoms with Crippen LogP contribution in [0.3, 0.4) is 0 Å². The molecule has 0 bridgehead atoms. The van der Waals surface area contributed by atoms with Gasteiger partial charge in [0, 0.05) is 6.54 Å². The predicted octanol–water partition coefficient (Wildman–Crippen LogP) is 3.50. The summed E-state index contributed by atoms with van der Waals surface area (Å²) in [5, 5.41) is 0. The maximum atomic E-state index is 12.3. The lowest BCUT2D eigenvalue weighted by atomic mass is 10.00. The molecular formula is C20H22N2O3. The molecule has 1 N–H and O–H groups in total. The number of para-hydroxylation sites is 2. The van der Waals surface area contributed by atoms with Crippen molar-refractivity contribution < 1.29 is 9.53 Å². The lowest BCUT2D eigenvalue weighted by molar-refractivity contribution is 0.0494. The van der Waals surface area contributed by atoms with Gasteiger partial charge in [0.1, 0.15) is 0 Å². The lowest BCUT2D eigenvalue weighted by Gasteiger charge is -2.11. The highest BCUT2D eigenvalue weighted by Gasteiger charge is 2.14. The Morgan fingerprint density at radius 2 is 1.80 bits per heavy atom. The fourth-order valence-electron chi connectivity index (χ4n) is 3.29. The van der Waals surface area contributed by atoms with Crippen LogP contribution in [0.4, 0.5) is 0 Å². The highest BCUT2D eigenvalue weighted by molar-refractivity contribution is 5.92. The number of aryl methyl sites for hydroxylation is 4. The minimum atomic E-state index is -0.304. The van der Waals surface area contributed by atoms with E-state index in [2.05, 4.69) is 4.98 Å². The van der Waals surface area contributed by atoms with Gasteiger partial charge in [-0.25, -0.2) is 9.59 Å². The van der Waals surface area contributed by atoms with Crippen LogP contribution < -0.4 is 5.69 Å². The summed E-state index contributed by atoms with van der Waals surface area (Å²) >= 11 is 0. The van der Waals surface area contributed by atoms with Gasteiger partial charge in [0.05, 0.1) is 23.2 Å². The molecule has 0 saturated heterocycles. The lowest BCUT2D eigenvalue weighted by Crippen LogP contribution is -2.18. The molecule has 0 aliphatic rings. The van der Waals surface area contributed by atoms with E-state index in [1.165, 1.54) is 0 Å². The smallest absolute Gasteiger partial charge is 0.338 e. The van der Waals surface area contributed by atoms with Crippen molar-refractivity contribution in [2.75, 3.05) is 6.61 Å². The normalized spacial score (nSPS) is 11.0. The van der Waals surface area contributed by atoms with E-state index in [1.54, 1.807) is 4.57 Å². The van der Waals surface area contributed by atoms with E-state index in [9.17, 15) is 9.59 Å². The van der Waals surface area contributed by atoms with Crippen molar-refractivity contribution in [1.29, 1.82) is 0 Å². The van der Waals surface area contributed by atoms with Crippen molar-refractivity contribution in [3.63, 3.8) is 0 Å². The van der Waals surface area contributed by atoms with Crippen LogP contribution in [-0.2, 0) is 11.3 Å². The van der Waals surface area contributed by atoms with Gasteiger partial charge >= 0.3 is 11.7 Å². The first-order chi connectivity index (χ1) is 12.0. The molecule has 0 amide bonds. The molecule has 0 radical (unpaired) electrons. The molecule has 3 rings (SSSR count). The van der Waals surface area contributed by atoms with E-state index in [1.807, 2.05) is 57.2 Å². The van der Waals surface area contributed by atoms with Crippen LogP contribution in [0, 0.1) is 20.8 Å². The third-order valence-corrected chi connectivity index (χ3v) is 4.32. The zero-order chi connectivity index (χ0) is 18.0. The van der Waals surface area contributed by atoms with E-state index in [-0.39, 0.29) is 18.3 Å². The number of nitrogens with one attached hydrogen (secondary N) is 1. The summed E-state index contributed by atoms with van der Waals surface area (Å²) in [5.74, 6) is -0.304. The molecule has 0 aliphatic carbocycles. The zero-order valence-corrected chi connectivity index (χ0v) is 14.8. The van der Waals surface area contributed by atoms with Gasteiger partial charge in [-0.3, -0.25) is 4.57 Å². The van der Waals surface area contributed by atoms with Crippen LogP contribution >= 0.6 is 0 Å². The highest BCUT2D eigenvalue weighted by atomic mass is 16.5. The minimum Gasteiger partial charge on any atom is -0.462 e. The second-order valence-corrected chi connectivity index (χ2v) is 6.36. The summed E-state index contributed by atoms with van der Waals surface area (Å²) in [6, 6.07) is 11.5. The number of esters is 1. The van der Waals surface area contributed by atoms with Gasteiger partial charge in [-0.2, -0.15) is 0 Å². The Bertz CT molecular complexity index is 959. The number of carbonyl (C=O) groups excluding carboxylic acids is 1. The maximum absolute atomic E-state index is 12.3. The number of H-pyrrole nitrogens is 1. The molecule has 0 fully saturated rings. The Morgan fingerprint density at radius 3 is 2.52 bits per heavy atom. The number of fused-ring (bicyclic) bond motifs is 1. The Hall–Kier alpha value is -2.82. The van der Waals surface area contributed by atoms with Gasteiger partial charge in [-0.1, -0.05) is 29.8 Å². The second-order valence-electron chi connectivity index (χ2n) is 6.36. The molecule has 0 unspecified atom stereocenters. The predicted molar refractivity (Wildman–Crippen MR) is 98.1 cm³/mol. The fraction of sp³-hybridized carbons (Fsp3) is 0.300. The van der Waals surface area contributed by atoms with Crippen LogP contribution in [0.1, 0.15) is 33.5 Å². The zero-order valence-electron chi connectivity index (χ0n) is 14.8. The van der Waals surface area contributed by atoms with E-state index in [0.29, 0.717) is 18.5 Å². The molecule has 25 heavy (non-hydrogen) atoms. The molecular weight excluding hydrogens is 316 g/mol. The second kappa shape index (κ2) is 6.97. The largest absolute Gasteiger partial charge is 0.462 e. The van der Waals surface area contributed by atoms with Gasteiger partial charge < -0.3 is 9.72 Å². The molecule has 0 spiro atoms. The highest BCUT2D eigenvalue weighted by Crippen LogP contribution is 2.17. The number of carbonyl (C=O) groups is 1. The van der Waals surface area contributed by atoms with Crippen molar-refractivity contribution in [3.05, 3.63) is 69.1 Å². The summed E-state index contributed by atoms with van der Waals surface area (Å²) in [5.41, 5.74) is 5.16. The number of nitrogens with zero attached hydrogens (tertiary/aromatic N) is 1. The first-order valence-corrected chi connectivity index (χ1v) is 8.40. The van der Waals surface area contributed by atoms with Gasteiger partial charge in [-0.15, -0.1) is 0 Å². The van der Waals surface area contributed by atoms with Gasteiger partial charge in [0.15, 0.2) is 0 Å². The van der Waals surface area contributed by atoms with Crippen molar-refractivity contribution >= 4 is 17.0 Å². The number of hydrogen-bond acceptors (Lipinski definition) is 3. The molecule has 0 saturated carbocycles. The number of ether oxygens (including phenoxy) is 1. The van der Waals surface area contributed by atoms with Gasteiger partial charge in [-0.05, 0) is 50.5 Å². The Kier molecular flexibility index (Phi) is 4.74. The molecule has 2 aromatic carbocycles. The fourth-order valence-corrected chi connectivity index (χ4v) is 3.29. The number of imidazole rings is 1. The van der Waals surface area contributed by atoms with Crippen LogP contribution in [-0.4, -0.2) is 22.1 Å². The third kappa shape index (κ3) is 3.50. The van der Waals surface area contributed by atoms with Crippen LogP contribution in [0.5, 0.6) is 0 Å². The summed E-state index contributed by atoms with van der Waals surface area (Å²) in [6.07, 6.45) is 0.581. The molecule has 5 nitrogen and oxygen atoms in total.